The molecular weight excluding hydrogens is 322 g/mol. The zero-order chi connectivity index (χ0) is 18.3. The van der Waals surface area contributed by atoms with Crippen molar-refractivity contribution in [3.8, 4) is 0 Å². The molecule has 2 unspecified atom stereocenters. The molecule has 24 heavy (non-hydrogen) atoms. The van der Waals surface area contributed by atoms with Gasteiger partial charge >= 0.3 is 17.9 Å². The van der Waals surface area contributed by atoms with Crippen molar-refractivity contribution in [2.75, 3.05) is 6.61 Å². The Morgan fingerprint density at radius 1 is 0.958 bits per heavy atom. The van der Waals surface area contributed by atoms with Gasteiger partial charge in [-0.05, 0) is 12.8 Å². The molecule has 0 saturated carbocycles. The van der Waals surface area contributed by atoms with Gasteiger partial charge in [-0.15, -0.1) is 0 Å². The van der Waals surface area contributed by atoms with E-state index in [1.807, 2.05) is 0 Å². The van der Waals surface area contributed by atoms with Crippen molar-refractivity contribution in [3.05, 3.63) is 0 Å². The zero-order valence-corrected chi connectivity index (χ0v) is 14.2. The van der Waals surface area contributed by atoms with Gasteiger partial charge < -0.3 is 24.3 Å². The van der Waals surface area contributed by atoms with Crippen LogP contribution in [0.25, 0.3) is 0 Å². The third-order valence-corrected chi connectivity index (χ3v) is 3.25. The molecule has 0 bridgehead atoms. The van der Waals surface area contributed by atoms with E-state index in [1.54, 1.807) is 0 Å². The maximum atomic E-state index is 11.3. The average molecular weight is 345 g/mol. The Balaban J connectivity index is 2.96. The molecular formula is C15H23NO8. The Morgan fingerprint density at radius 2 is 1.58 bits per heavy atom. The zero-order valence-electron chi connectivity index (χ0n) is 14.2. The van der Waals surface area contributed by atoms with Crippen LogP contribution in [-0.2, 0) is 38.1 Å². The smallest absolute Gasteiger partial charge is 0.305 e. The molecule has 0 aromatic rings. The molecule has 0 radical (unpaired) electrons. The molecule has 1 aliphatic rings. The number of esters is 3. The van der Waals surface area contributed by atoms with Crippen molar-refractivity contribution in [1.29, 1.82) is 0 Å². The van der Waals surface area contributed by atoms with Crippen LogP contribution in [0, 0.1) is 0 Å². The highest BCUT2D eigenvalue weighted by molar-refractivity contribution is 5.73. The summed E-state index contributed by atoms with van der Waals surface area (Å²) in [4.78, 5) is 45.0. The van der Waals surface area contributed by atoms with Crippen LogP contribution < -0.4 is 5.32 Å². The Labute approximate surface area is 139 Å². The first-order valence-corrected chi connectivity index (χ1v) is 7.59. The van der Waals surface area contributed by atoms with Gasteiger partial charge in [-0.2, -0.15) is 0 Å². The van der Waals surface area contributed by atoms with Crippen molar-refractivity contribution in [2.45, 2.75) is 65.1 Å². The summed E-state index contributed by atoms with van der Waals surface area (Å²) in [5, 5.41) is 2.65. The Hall–Kier alpha value is -2.16. The molecule has 4 atom stereocenters. The van der Waals surface area contributed by atoms with E-state index in [1.165, 1.54) is 27.7 Å². The predicted molar refractivity (Wildman–Crippen MR) is 79.5 cm³/mol. The Morgan fingerprint density at radius 3 is 2.08 bits per heavy atom. The van der Waals surface area contributed by atoms with Crippen molar-refractivity contribution in [2.24, 2.45) is 0 Å². The molecule has 1 fully saturated rings. The SMILES string of the molecule is CC(=O)NC1CC[C@@H](OC(C)=O)C(COC(C)=O)O[C@H]1OC(C)=O. The van der Waals surface area contributed by atoms with Crippen molar-refractivity contribution >= 4 is 23.8 Å². The topological polar surface area (TPSA) is 117 Å². The number of hydrogen-bond acceptors (Lipinski definition) is 8. The van der Waals surface area contributed by atoms with E-state index in [0.29, 0.717) is 12.8 Å². The van der Waals surface area contributed by atoms with E-state index in [-0.39, 0.29) is 12.5 Å². The monoisotopic (exact) mass is 345 g/mol. The quantitative estimate of drug-likeness (QED) is 0.549. The van der Waals surface area contributed by atoms with Crippen molar-refractivity contribution < 1.29 is 38.1 Å². The van der Waals surface area contributed by atoms with Gasteiger partial charge in [0.2, 0.25) is 12.2 Å². The van der Waals surface area contributed by atoms with Gasteiger partial charge in [0.05, 0.1) is 6.04 Å². The van der Waals surface area contributed by atoms with E-state index >= 15 is 0 Å². The minimum absolute atomic E-state index is 0.169. The van der Waals surface area contributed by atoms with E-state index in [2.05, 4.69) is 5.32 Å². The summed E-state index contributed by atoms with van der Waals surface area (Å²) in [5.41, 5.74) is 0. The predicted octanol–water partition coefficient (Wildman–Crippen LogP) is 0.0541. The van der Waals surface area contributed by atoms with Crippen LogP contribution in [0.5, 0.6) is 0 Å². The van der Waals surface area contributed by atoms with Crippen LogP contribution in [0.3, 0.4) is 0 Å². The van der Waals surface area contributed by atoms with Gasteiger partial charge in [-0.3, -0.25) is 19.2 Å². The lowest BCUT2D eigenvalue weighted by atomic mass is 10.1. The second kappa shape index (κ2) is 9.21. The minimum atomic E-state index is -1.08. The molecule has 1 amide bonds. The van der Waals surface area contributed by atoms with Crippen LogP contribution in [0.1, 0.15) is 40.5 Å². The Kier molecular flexibility index (Phi) is 7.63. The van der Waals surface area contributed by atoms with Crippen LogP contribution in [0.4, 0.5) is 0 Å². The van der Waals surface area contributed by atoms with Crippen LogP contribution >= 0.6 is 0 Å². The second-order valence-corrected chi connectivity index (χ2v) is 5.49. The minimum Gasteiger partial charge on any atom is -0.463 e. The number of rotatable bonds is 5. The summed E-state index contributed by atoms with van der Waals surface area (Å²) in [6.07, 6.45) is -1.90. The van der Waals surface area contributed by atoms with E-state index in [0.717, 1.165) is 0 Å². The molecule has 0 aliphatic carbocycles. The van der Waals surface area contributed by atoms with Gasteiger partial charge in [0.15, 0.2) is 0 Å². The number of ether oxygens (including phenoxy) is 4. The van der Waals surface area contributed by atoms with Crippen molar-refractivity contribution in [3.63, 3.8) is 0 Å². The number of hydrogen-bond donors (Lipinski definition) is 1. The lowest BCUT2D eigenvalue weighted by Gasteiger charge is -2.28. The van der Waals surface area contributed by atoms with Gasteiger partial charge in [-0.1, -0.05) is 0 Å². The summed E-state index contributed by atoms with van der Waals surface area (Å²) in [5.74, 6) is -1.94. The number of nitrogens with one attached hydrogen (secondary N) is 1. The van der Waals surface area contributed by atoms with Gasteiger partial charge in [-0.25, -0.2) is 0 Å². The normalized spacial score (nSPS) is 26.7. The van der Waals surface area contributed by atoms with Gasteiger partial charge in [0.25, 0.3) is 0 Å². The molecule has 0 aromatic carbocycles. The fraction of sp³-hybridized carbons (Fsp3) is 0.733. The maximum absolute atomic E-state index is 11.3. The third kappa shape index (κ3) is 6.95. The summed E-state index contributed by atoms with van der Waals surface area (Å²) in [6.45, 7) is 4.86. The molecule has 1 aliphatic heterocycles. The lowest BCUT2D eigenvalue weighted by Crippen LogP contribution is -2.46. The number of amides is 1. The summed E-state index contributed by atoms with van der Waals surface area (Å²) >= 11 is 0. The van der Waals surface area contributed by atoms with Crippen LogP contribution in [0.2, 0.25) is 0 Å². The van der Waals surface area contributed by atoms with E-state index < -0.39 is 42.4 Å². The van der Waals surface area contributed by atoms with E-state index in [9.17, 15) is 19.2 Å². The fourth-order valence-electron chi connectivity index (χ4n) is 2.39. The fourth-order valence-corrected chi connectivity index (χ4v) is 2.39. The largest absolute Gasteiger partial charge is 0.463 e. The molecule has 1 heterocycles. The molecule has 0 aromatic heterocycles. The molecule has 136 valence electrons. The second-order valence-electron chi connectivity index (χ2n) is 5.49. The molecule has 1 saturated heterocycles. The Bertz CT molecular complexity index is 492. The van der Waals surface area contributed by atoms with E-state index in [4.69, 9.17) is 18.9 Å². The van der Waals surface area contributed by atoms with Crippen molar-refractivity contribution in [1.82, 2.24) is 5.32 Å². The van der Waals surface area contributed by atoms with Crippen LogP contribution in [-0.4, -0.2) is 55.0 Å². The first-order chi connectivity index (χ1) is 11.2. The summed E-state index contributed by atoms with van der Waals surface area (Å²) in [7, 11) is 0. The molecule has 9 heteroatoms. The van der Waals surface area contributed by atoms with Crippen LogP contribution in [0.15, 0.2) is 0 Å². The number of carbonyl (C=O) groups is 4. The average Bonchev–Trinajstić information content (AvgIpc) is 2.57. The molecule has 1 rings (SSSR count). The molecule has 9 nitrogen and oxygen atoms in total. The molecule has 1 N–H and O–H groups in total. The summed E-state index contributed by atoms with van der Waals surface area (Å²) in [6, 6.07) is -0.605. The molecule has 0 spiro atoms. The number of carbonyl (C=O) groups excluding carboxylic acids is 4. The van der Waals surface area contributed by atoms with Gasteiger partial charge in [0, 0.05) is 27.7 Å². The first-order valence-electron chi connectivity index (χ1n) is 7.59. The highest BCUT2D eigenvalue weighted by Crippen LogP contribution is 2.24. The standard InChI is InChI=1S/C15H23NO8/c1-8(17)16-12-5-6-13(22-10(3)19)14(7-21-9(2)18)24-15(12)23-11(4)20/h12-15H,5-7H2,1-4H3,(H,16,17)/t12?,13-,14?,15-/m1/s1. The highest BCUT2D eigenvalue weighted by Gasteiger charge is 2.38. The maximum Gasteiger partial charge on any atom is 0.305 e. The summed E-state index contributed by atoms with van der Waals surface area (Å²) < 4.78 is 21.0. The lowest BCUT2D eigenvalue weighted by molar-refractivity contribution is -0.212. The highest BCUT2D eigenvalue weighted by atomic mass is 16.7. The first kappa shape index (κ1) is 19.9. The third-order valence-electron chi connectivity index (χ3n) is 3.25. The van der Waals surface area contributed by atoms with Gasteiger partial charge in [0.1, 0.15) is 18.8 Å².